The lowest BCUT2D eigenvalue weighted by atomic mass is 9.96. The number of aromatic nitrogens is 5. The third-order valence-electron chi connectivity index (χ3n) is 8.18. The molecule has 0 radical (unpaired) electrons. The molecule has 8 aromatic rings. The van der Waals surface area contributed by atoms with Crippen LogP contribution in [0.25, 0.3) is 79.1 Å². The van der Waals surface area contributed by atoms with Gasteiger partial charge in [0.05, 0.1) is 17.1 Å². The van der Waals surface area contributed by atoms with E-state index in [0.29, 0.717) is 17.5 Å². The van der Waals surface area contributed by atoms with Gasteiger partial charge in [-0.2, -0.15) is 0 Å². The van der Waals surface area contributed by atoms with Gasteiger partial charge in [0.15, 0.2) is 17.5 Å². The fraction of sp³-hybridized carbons (Fsp3) is 0. The molecule has 0 saturated heterocycles. The first-order valence-electron chi connectivity index (χ1n) is 15.8. The Hall–Kier alpha value is -6.59. The standard InChI is InChI=1S/C43H29N5/c1-4-13-31(14-5-1)39-20-12-21-40(45-39)32-24-22-30(23-25-32)35-27-36(38-19-10-11-26-44-38)29-37(28-35)43-47-41(33-15-6-2-7-16-33)46-42(48-43)34-17-8-3-9-18-34/h1-29H. The lowest BCUT2D eigenvalue weighted by molar-refractivity contribution is 1.07. The van der Waals surface area contributed by atoms with Gasteiger partial charge in [-0.25, -0.2) is 19.9 Å². The van der Waals surface area contributed by atoms with Crippen LogP contribution in [-0.2, 0) is 0 Å². The number of hydrogen-bond donors (Lipinski definition) is 0. The molecular weight excluding hydrogens is 587 g/mol. The quantitative estimate of drug-likeness (QED) is 0.178. The summed E-state index contributed by atoms with van der Waals surface area (Å²) in [5, 5.41) is 0. The molecule has 0 aliphatic rings. The molecule has 226 valence electrons. The van der Waals surface area contributed by atoms with Gasteiger partial charge in [0.25, 0.3) is 0 Å². The topological polar surface area (TPSA) is 64.5 Å². The van der Waals surface area contributed by atoms with Crippen LogP contribution >= 0.6 is 0 Å². The third kappa shape index (κ3) is 6.13. The average molecular weight is 616 g/mol. The number of rotatable bonds is 7. The maximum absolute atomic E-state index is 5.01. The molecule has 5 aromatic carbocycles. The highest BCUT2D eigenvalue weighted by atomic mass is 15.0. The van der Waals surface area contributed by atoms with E-state index < -0.39 is 0 Å². The summed E-state index contributed by atoms with van der Waals surface area (Å²) in [5.41, 5.74) is 10.7. The first-order chi connectivity index (χ1) is 23.8. The predicted molar refractivity (Wildman–Crippen MR) is 193 cm³/mol. The molecule has 5 heteroatoms. The Morgan fingerprint density at radius 1 is 0.250 bits per heavy atom. The number of nitrogens with zero attached hydrogens (tertiary/aromatic N) is 5. The first-order valence-corrected chi connectivity index (χ1v) is 15.8. The van der Waals surface area contributed by atoms with Gasteiger partial charge in [-0.3, -0.25) is 4.98 Å². The van der Waals surface area contributed by atoms with Crippen molar-refractivity contribution in [2.24, 2.45) is 0 Å². The van der Waals surface area contributed by atoms with Crippen molar-refractivity contribution in [2.45, 2.75) is 0 Å². The highest BCUT2D eigenvalue weighted by molar-refractivity contribution is 5.80. The summed E-state index contributed by atoms with van der Waals surface area (Å²) in [5.74, 6) is 1.85. The van der Waals surface area contributed by atoms with Crippen molar-refractivity contribution in [2.75, 3.05) is 0 Å². The minimum absolute atomic E-state index is 0.597. The fourth-order valence-electron chi connectivity index (χ4n) is 5.74. The van der Waals surface area contributed by atoms with Gasteiger partial charge in [0.1, 0.15) is 0 Å². The predicted octanol–water partition coefficient (Wildman–Crippen LogP) is 10.3. The molecule has 0 amide bonds. The zero-order chi connectivity index (χ0) is 32.1. The maximum Gasteiger partial charge on any atom is 0.164 e. The van der Waals surface area contributed by atoms with Crippen LogP contribution in [0.3, 0.4) is 0 Å². The molecule has 0 unspecified atom stereocenters. The van der Waals surface area contributed by atoms with Gasteiger partial charge in [-0.15, -0.1) is 0 Å². The van der Waals surface area contributed by atoms with Crippen LogP contribution < -0.4 is 0 Å². The molecular formula is C43H29N5. The molecule has 0 N–H and O–H groups in total. The molecule has 3 aromatic heterocycles. The van der Waals surface area contributed by atoms with Crippen molar-refractivity contribution < 1.29 is 0 Å². The normalized spacial score (nSPS) is 10.9. The Labute approximate surface area is 279 Å². The number of pyridine rings is 2. The van der Waals surface area contributed by atoms with Crippen LogP contribution in [-0.4, -0.2) is 24.9 Å². The zero-order valence-electron chi connectivity index (χ0n) is 26.0. The maximum atomic E-state index is 5.01. The molecule has 0 bridgehead atoms. The summed E-state index contributed by atoms with van der Waals surface area (Å²) in [6.07, 6.45) is 1.82. The van der Waals surface area contributed by atoms with Gasteiger partial charge in [0.2, 0.25) is 0 Å². The van der Waals surface area contributed by atoms with Crippen molar-refractivity contribution in [1.29, 1.82) is 0 Å². The highest BCUT2D eigenvalue weighted by Crippen LogP contribution is 2.34. The molecule has 0 atom stereocenters. The molecule has 0 fully saturated rings. The first kappa shape index (κ1) is 28.9. The van der Waals surface area contributed by atoms with E-state index in [9.17, 15) is 0 Å². The van der Waals surface area contributed by atoms with E-state index in [2.05, 4.69) is 71.7 Å². The Bertz CT molecular complexity index is 2250. The second-order valence-corrected chi connectivity index (χ2v) is 11.4. The SMILES string of the molecule is c1ccc(-c2cccc(-c3ccc(-c4cc(-c5ccccn5)cc(-c5nc(-c6ccccc6)nc(-c6ccccc6)n5)c4)cc3)n2)cc1. The van der Waals surface area contributed by atoms with Crippen LogP contribution in [0.2, 0.25) is 0 Å². The van der Waals surface area contributed by atoms with E-state index in [4.69, 9.17) is 19.9 Å². The van der Waals surface area contributed by atoms with E-state index in [1.807, 2.05) is 109 Å². The molecule has 0 saturated carbocycles. The summed E-state index contributed by atoms with van der Waals surface area (Å²) in [7, 11) is 0. The van der Waals surface area contributed by atoms with Crippen LogP contribution in [0.4, 0.5) is 0 Å². The van der Waals surface area contributed by atoms with E-state index in [0.717, 1.165) is 61.6 Å². The van der Waals surface area contributed by atoms with Crippen molar-refractivity contribution in [3.05, 3.63) is 176 Å². The molecule has 0 aliphatic heterocycles. The van der Waals surface area contributed by atoms with Gasteiger partial charge >= 0.3 is 0 Å². The number of benzene rings is 5. The third-order valence-corrected chi connectivity index (χ3v) is 8.18. The molecule has 48 heavy (non-hydrogen) atoms. The summed E-state index contributed by atoms with van der Waals surface area (Å²) in [6.45, 7) is 0. The van der Waals surface area contributed by atoms with Crippen molar-refractivity contribution in [3.63, 3.8) is 0 Å². The zero-order valence-corrected chi connectivity index (χ0v) is 26.0. The van der Waals surface area contributed by atoms with Crippen LogP contribution in [0, 0.1) is 0 Å². The second kappa shape index (κ2) is 13.0. The monoisotopic (exact) mass is 615 g/mol. The molecule has 8 rings (SSSR count). The van der Waals surface area contributed by atoms with Crippen LogP contribution in [0.5, 0.6) is 0 Å². The van der Waals surface area contributed by atoms with Crippen molar-refractivity contribution in [1.82, 2.24) is 24.9 Å². The Morgan fingerprint density at radius 2 is 0.688 bits per heavy atom. The van der Waals surface area contributed by atoms with Gasteiger partial charge in [0, 0.05) is 39.6 Å². The average Bonchev–Trinajstić information content (AvgIpc) is 3.19. The van der Waals surface area contributed by atoms with Gasteiger partial charge < -0.3 is 0 Å². The summed E-state index contributed by atoms with van der Waals surface area (Å²) >= 11 is 0. The largest absolute Gasteiger partial charge is 0.256 e. The molecule has 0 aliphatic carbocycles. The summed E-state index contributed by atoms with van der Waals surface area (Å²) in [4.78, 5) is 24.5. The Kier molecular flexibility index (Phi) is 7.83. The fourth-order valence-corrected chi connectivity index (χ4v) is 5.74. The molecule has 0 spiro atoms. The molecule has 5 nitrogen and oxygen atoms in total. The van der Waals surface area contributed by atoms with E-state index in [1.54, 1.807) is 0 Å². The van der Waals surface area contributed by atoms with Crippen molar-refractivity contribution in [3.8, 4) is 79.1 Å². The summed E-state index contributed by atoms with van der Waals surface area (Å²) in [6, 6.07) is 57.4. The summed E-state index contributed by atoms with van der Waals surface area (Å²) < 4.78 is 0. The Morgan fingerprint density at radius 3 is 1.25 bits per heavy atom. The van der Waals surface area contributed by atoms with E-state index in [1.165, 1.54) is 0 Å². The minimum Gasteiger partial charge on any atom is -0.256 e. The van der Waals surface area contributed by atoms with Crippen LogP contribution in [0.15, 0.2) is 176 Å². The smallest absolute Gasteiger partial charge is 0.164 e. The second-order valence-electron chi connectivity index (χ2n) is 11.4. The molecule has 3 heterocycles. The minimum atomic E-state index is 0.597. The van der Waals surface area contributed by atoms with E-state index >= 15 is 0 Å². The highest BCUT2D eigenvalue weighted by Gasteiger charge is 2.15. The van der Waals surface area contributed by atoms with Crippen LogP contribution in [0.1, 0.15) is 0 Å². The lowest BCUT2D eigenvalue weighted by Crippen LogP contribution is -2.00. The Balaban J connectivity index is 1.23. The van der Waals surface area contributed by atoms with Crippen molar-refractivity contribution >= 4 is 0 Å². The van der Waals surface area contributed by atoms with Gasteiger partial charge in [-0.05, 0) is 53.6 Å². The lowest BCUT2D eigenvalue weighted by Gasteiger charge is -2.12. The van der Waals surface area contributed by atoms with E-state index in [-0.39, 0.29) is 0 Å². The van der Waals surface area contributed by atoms with Gasteiger partial charge in [-0.1, -0.05) is 127 Å². The number of hydrogen-bond acceptors (Lipinski definition) is 5.